The van der Waals surface area contributed by atoms with Gasteiger partial charge in [-0.25, -0.2) is 4.39 Å². The maximum absolute atomic E-state index is 13.6. The predicted octanol–water partition coefficient (Wildman–Crippen LogP) is 2.69. The van der Waals surface area contributed by atoms with Gasteiger partial charge >= 0.3 is 0 Å². The Kier molecular flexibility index (Phi) is 5.13. The molecular formula is C22H24FN3O2. The van der Waals surface area contributed by atoms with Crippen LogP contribution in [-0.4, -0.2) is 54.8 Å². The maximum Gasteiger partial charge on any atom is 0.228 e. The normalized spacial score (nSPS) is 23.3. The summed E-state index contributed by atoms with van der Waals surface area (Å²) in [6.45, 7) is 2.52. The fourth-order valence-corrected chi connectivity index (χ4v) is 4.14. The Hall–Kier alpha value is -2.73. The molecule has 28 heavy (non-hydrogen) atoms. The molecule has 0 N–H and O–H groups in total. The number of hydrogen-bond acceptors (Lipinski definition) is 3. The summed E-state index contributed by atoms with van der Waals surface area (Å²) in [5, 5.41) is 0. The lowest BCUT2D eigenvalue weighted by Crippen LogP contribution is -2.51. The number of likely N-dealkylation sites (N-methyl/N-ethyl adjacent to an activating group) is 1. The molecule has 4 rings (SSSR count). The van der Waals surface area contributed by atoms with Gasteiger partial charge in [0.15, 0.2) is 0 Å². The molecule has 2 aromatic carbocycles. The second kappa shape index (κ2) is 7.72. The molecule has 0 bridgehead atoms. The smallest absolute Gasteiger partial charge is 0.228 e. The molecule has 2 saturated heterocycles. The molecule has 2 heterocycles. The number of nitrogens with zero attached hydrogens (tertiary/aromatic N) is 3. The van der Waals surface area contributed by atoms with E-state index in [1.807, 2.05) is 35.2 Å². The molecule has 0 spiro atoms. The Balaban J connectivity index is 1.54. The maximum atomic E-state index is 13.6. The predicted molar refractivity (Wildman–Crippen MR) is 105 cm³/mol. The number of amides is 2. The molecule has 2 aromatic rings. The first-order valence-electron chi connectivity index (χ1n) is 9.63. The van der Waals surface area contributed by atoms with Gasteiger partial charge in [0.1, 0.15) is 5.82 Å². The van der Waals surface area contributed by atoms with Gasteiger partial charge in [-0.3, -0.25) is 9.59 Å². The van der Waals surface area contributed by atoms with E-state index in [2.05, 4.69) is 11.9 Å². The molecule has 2 unspecified atom stereocenters. The molecule has 146 valence electrons. The zero-order valence-corrected chi connectivity index (χ0v) is 15.9. The van der Waals surface area contributed by atoms with E-state index >= 15 is 0 Å². The molecule has 2 aliphatic heterocycles. The van der Waals surface area contributed by atoms with Crippen LogP contribution in [0.1, 0.15) is 18.0 Å². The van der Waals surface area contributed by atoms with Crippen molar-refractivity contribution in [2.45, 2.75) is 12.5 Å². The first-order valence-corrected chi connectivity index (χ1v) is 9.63. The summed E-state index contributed by atoms with van der Waals surface area (Å²) in [7, 11) is 2.06. The Morgan fingerprint density at radius 3 is 2.57 bits per heavy atom. The van der Waals surface area contributed by atoms with Crippen molar-refractivity contribution in [3.63, 3.8) is 0 Å². The zero-order chi connectivity index (χ0) is 19.7. The van der Waals surface area contributed by atoms with Gasteiger partial charge in [0.2, 0.25) is 11.8 Å². The van der Waals surface area contributed by atoms with Gasteiger partial charge in [0, 0.05) is 38.3 Å². The summed E-state index contributed by atoms with van der Waals surface area (Å²) >= 11 is 0. The van der Waals surface area contributed by atoms with E-state index in [-0.39, 0.29) is 30.1 Å². The van der Waals surface area contributed by atoms with Crippen LogP contribution in [0.15, 0.2) is 54.6 Å². The van der Waals surface area contributed by atoms with Crippen LogP contribution in [-0.2, 0) is 9.59 Å². The van der Waals surface area contributed by atoms with Crippen molar-refractivity contribution < 1.29 is 14.0 Å². The molecule has 2 atom stereocenters. The highest BCUT2D eigenvalue weighted by Crippen LogP contribution is 2.31. The van der Waals surface area contributed by atoms with E-state index in [4.69, 9.17) is 0 Å². The van der Waals surface area contributed by atoms with Crippen LogP contribution in [0.25, 0.3) is 0 Å². The summed E-state index contributed by atoms with van der Waals surface area (Å²) in [5.74, 6) is -0.905. The SMILES string of the molecule is CN1CCN(C(=O)C2CC(=O)N(c3cccc(F)c3)C2)C(c2ccccc2)C1. The first-order chi connectivity index (χ1) is 13.5. The van der Waals surface area contributed by atoms with E-state index < -0.39 is 5.92 Å². The molecule has 6 heteroatoms. The summed E-state index contributed by atoms with van der Waals surface area (Å²) in [6.07, 6.45) is 0.170. The van der Waals surface area contributed by atoms with Crippen LogP contribution in [0.5, 0.6) is 0 Å². The Morgan fingerprint density at radius 1 is 1.04 bits per heavy atom. The van der Waals surface area contributed by atoms with Gasteiger partial charge in [0.25, 0.3) is 0 Å². The van der Waals surface area contributed by atoms with Crippen LogP contribution < -0.4 is 4.90 Å². The van der Waals surface area contributed by atoms with Crippen LogP contribution >= 0.6 is 0 Å². The quantitative estimate of drug-likeness (QED) is 0.821. The highest BCUT2D eigenvalue weighted by molar-refractivity contribution is 6.00. The third-order valence-corrected chi connectivity index (χ3v) is 5.65. The standard InChI is InChI=1S/C22H24FN3O2/c1-24-10-11-25(20(15-24)16-6-3-2-4-7-16)22(28)17-12-21(27)26(14-17)19-9-5-8-18(23)13-19/h2-9,13,17,20H,10-12,14-15H2,1H3. The van der Waals surface area contributed by atoms with E-state index in [1.54, 1.807) is 12.1 Å². The number of hydrogen-bond donors (Lipinski definition) is 0. The lowest BCUT2D eigenvalue weighted by atomic mass is 9.99. The average molecular weight is 381 g/mol. The molecular weight excluding hydrogens is 357 g/mol. The fourth-order valence-electron chi connectivity index (χ4n) is 4.14. The highest BCUT2D eigenvalue weighted by atomic mass is 19.1. The van der Waals surface area contributed by atoms with E-state index in [0.717, 1.165) is 18.7 Å². The minimum atomic E-state index is -0.398. The topological polar surface area (TPSA) is 43.9 Å². The Morgan fingerprint density at radius 2 is 1.82 bits per heavy atom. The molecule has 2 aliphatic rings. The highest BCUT2D eigenvalue weighted by Gasteiger charge is 2.40. The number of halogens is 1. The van der Waals surface area contributed by atoms with E-state index in [9.17, 15) is 14.0 Å². The van der Waals surface area contributed by atoms with Crippen LogP contribution in [0.3, 0.4) is 0 Å². The van der Waals surface area contributed by atoms with Crippen molar-refractivity contribution in [1.82, 2.24) is 9.80 Å². The molecule has 0 aromatic heterocycles. The summed E-state index contributed by atoms with van der Waals surface area (Å²) in [6, 6.07) is 16.0. The van der Waals surface area contributed by atoms with Crippen LogP contribution in [0.4, 0.5) is 10.1 Å². The van der Waals surface area contributed by atoms with Crippen molar-refractivity contribution in [3.8, 4) is 0 Å². The van der Waals surface area contributed by atoms with Gasteiger partial charge < -0.3 is 14.7 Å². The third-order valence-electron chi connectivity index (χ3n) is 5.65. The molecule has 0 saturated carbocycles. The molecule has 5 nitrogen and oxygen atoms in total. The van der Waals surface area contributed by atoms with Gasteiger partial charge in [-0.1, -0.05) is 36.4 Å². The largest absolute Gasteiger partial charge is 0.333 e. The Bertz CT molecular complexity index is 873. The lowest BCUT2D eigenvalue weighted by Gasteiger charge is -2.41. The zero-order valence-electron chi connectivity index (χ0n) is 15.9. The number of carbonyl (C=O) groups excluding carboxylic acids is 2. The van der Waals surface area contributed by atoms with E-state index in [0.29, 0.717) is 18.8 Å². The first kappa shape index (κ1) is 18.6. The second-order valence-corrected chi connectivity index (χ2v) is 7.61. The summed E-state index contributed by atoms with van der Waals surface area (Å²) in [4.78, 5) is 31.5. The summed E-state index contributed by atoms with van der Waals surface area (Å²) in [5.41, 5.74) is 1.62. The molecule has 2 fully saturated rings. The van der Waals surface area contributed by atoms with Crippen molar-refractivity contribution in [1.29, 1.82) is 0 Å². The number of carbonyl (C=O) groups is 2. The van der Waals surface area contributed by atoms with E-state index in [1.165, 1.54) is 17.0 Å². The van der Waals surface area contributed by atoms with Gasteiger partial charge in [-0.05, 0) is 30.8 Å². The summed E-state index contributed by atoms with van der Waals surface area (Å²) < 4.78 is 13.6. The lowest BCUT2D eigenvalue weighted by molar-refractivity contribution is -0.140. The molecule has 0 radical (unpaired) electrons. The number of anilines is 1. The minimum Gasteiger partial charge on any atom is -0.333 e. The second-order valence-electron chi connectivity index (χ2n) is 7.61. The monoisotopic (exact) mass is 381 g/mol. The van der Waals surface area contributed by atoms with Crippen LogP contribution in [0, 0.1) is 11.7 Å². The number of benzene rings is 2. The average Bonchev–Trinajstić information content (AvgIpc) is 3.10. The van der Waals surface area contributed by atoms with Gasteiger partial charge in [0.05, 0.1) is 12.0 Å². The van der Waals surface area contributed by atoms with Gasteiger partial charge in [-0.2, -0.15) is 0 Å². The fraction of sp³-hybridized carbons (Fsp3) is 0.364. The number of piperazine rings is 1. The van der Waals surface area contributed by atoms with Gasteiger partial charge in [-0.15, -0.1) is 0 Å². The molecule has 0 aliphatic carbocycles. The van der Waals surface area contributed by atoms with Crippen molar-refractivity contribution in [2.24, 2.45) is 5.92 Å². The van der Waals surface area contributed by atoms with Crippen LogP contribution in [0.2, 0.25) is 0 Å². The van der Waals surface area contributed by atoms with Crippen molar-refractivity contribution >= 4 is 17.5 Å². The van der Waals surface area contributed by atoms with Crippen molar-refractivity contribution in [3.05, 3.63) is 66.0 Å². The molecule has 2 amide bonds. The van der Waals surface area contributed by atoms with Crippen molar-refractivity contribution in [2.75, 3.05) is 38.1 Å². The number of rotatable bonds is 3. The minimum absolute atomic E-state index is 0.00852. The third kappa shape index (κ3) is 3.64. The Labute approximate surface area is 164 Å².